The van der Waals surface area contributed by atoms with Gasteiger partial charge in [-0.1, -0.05) is 29.8 Å². The van der Waals surface area contributed by atoms with E-state index < -0.39 is 0 Å². The Kier molecular flexibility index (Phi) is 4.98. The fraction of sp³-hybridized carbons (Fsp3) is 0.333. The van der Waals surface area contributed by atoms with Gasteiger partial charge >= 0.3 is 0 Å². The Morgan fingerprint density at radius 2 is 2.17 bits per heavy atom. The summed E-state index contributed by atoms with van der Waals surface area (Å²) in [6.45, 7) is 2.15. The monoisotopic (exact) mass is 323 g/mol. The van der Waals surface area contributed by atoms with Crippen molar-refractivity contribution in [2.24, 2.45) is 0 Å². The molecule has 0 aliphatic rings. The van der Waals surface area contributed by atoms with Crippen LogP contribution in [0.5, 0.6) is 0 Å². The maximum Gasteiger partial charge on any atom is 0.0426 e. The molecule has 1 aromatic heterocycles. The van der Waals surface area contributed by atoms with Gasteiger partial charge in [-0.2, -0.15) is 0 Å². The molecule has 1 N–H and O–H groups in total. The van der Waals surface area contributed by atoms with Gasteiger partial charge in [-0.15, -0.1) is 11.3 Å². The maximum atomic E-state index is 3.62. The fourth-order valence-electron chi connectivity index (χ4n) is 2.14. The van der Waals surface area contributed by atoms with Crippen molar-refractivity contribution in [3.05, 3.63) is 56.2 Å². The first-order valence-electron chi connectivity index (χ1n) is 6.16. The number of hydrogen-bond acceptors (Lipinski definition) is 2. The second kappa shape index (κ2) is 6.50. The van der Waals surface area contributed by atoms with Crippen molar-refractivity contribution in [3.63, 3.8) is 0 Å². The first-order chi connectivity index (χ1) is 8.70. The lowest BCUT2D eigenvalue weighted by molar-refractivity contribution is 0.556. The van der Waals surface area contributed by atoms with Crippen LogP contribution in [-0.2, 0) is 6.42 Å². The van der Waals surface area contributed by atoms with Gasteiger partial charge in [0.1, 0.15) is 0 Å². The van der Waals surface area contributed by atoms with E-state index in [4.69, 9.17) is 0 Å². The highest BCUT2D eigenvalue weighted by Gasteiger charge is 2.13. The van der Waals surface area contributed by atoms with E-state index >= 15 is 0 Å². The number of hydrogen-bond donors (Lipinski definition) is 1. The fourth-order valence-corrected chi connectivity index (χ4v) is 3.93. The Hall–Kier alpha value is -0.640. The number of nitrogens with one attached hydrogen (secondary N) is 1. The summed E-state index contributed by atoms with van der Waals surface area (Å²) in [5.74, 6) is 0. The third kappa shape index (κ3) is 3.44. The van der Waals surface area contributed by atoms with Crippen LogP contribution in [0.15, 0.2) is 40.2 Å². The number of aryl methyl sites for hydroxylation is 2. The van der Waals surface area contributed by atoms with Crippen LogP contribution in [-0.4, -0.2) is 7.05 Å². The lowest BCUT2D eigenvalue weighted by atomic mass is 10.0. The summed E-state index contributed by atoms with van der Waals surface area (Å²) < 4.78 is 1.22. The molecule has 1 heterocycles. The Labute approximate surface area is 121 Å². The quantitative estimate of drug-likeness (QED) is 0.840. The van der Waals surface area contributed by atoms with Gasteiger partial charge in [0.2, 0.25) is 0 Å². The van der Waals surface area contributed by atoms with Crippen LogP contribution in [0, 0.1) is 6.92 Å². The van der Waals surface area contributed by atoms with Crippen LogP contribution in [0.25, 0.3) is 0 Å². The third-order valence-corrected chi connectivity index (χ3v) is 5.10. The van der Waals surface area contributed by atoms with Gasteiger partial charge in [-0.3, -0.25) is 0 Å². The zero-order chi connectivity index (χ0) is 13.0. The van der Waals surface area contributed by atoms with Crippen LogP contribution in [0.3, 0.4) is 0 Å². The van der Waals surface area contributed by atoms with E-state index in [1.165, 1.54) is 20.5 Å². The zero-order valence-electron chi connectivity index (χ0n) is 10.7. The molecule has 0 fully saturated rings. The first-order valence-corrected chi connectivity index (χ1v) is 7.83. The molecule has 1 atom stereocenters. The summed E-state index contributed by atoms with van der Waals surface area (Å²) in [7, 11) is 2.03. The van der Waals surface area contributed by atoms with Crippen LogP contribution in [0.1, 0.15) is 28.5 Å². The van der Waals surface area contributed by atoms with E-state index in [0.717, 1.165) is 12.8 Å². The predicted molar refractivity (Wildman–Crippen MR) is 83.3 cm³/mol. The molecular weight excluding hydrogens is 306 g/mol. The highest BCUT2D eigenvalue weighted by atomic mass is 79.9. The van der Waals surface area contributed by atoms with Gasteiger partial charge in [0.15, 0.2) is 0 Å². The molecule has 3 heteroatoms. The normalized spacial score (nSPS) is 12.6. The Morgan fingerprint density at radius 1 is 1.33 bits per heavy atom. The maximum absolute atomic E-state index is 3.62. The van der Waals surface area contributed by atoms with Gasteiger partial charge in [0, 0.05) is 15.4 Å². The molecule has 0 aliphatic heterocycles. The highest BCUT2D eigenvalue weighted by Crippen LogP contribution is 2.31. The first kappa shape index (κ1) is 13.8. The summed E-state index contributed by atoms with van der Waals surface area (Å²) in [6, 6.07) is 11.3. The minimum Gasteiger partial charge on any atom is -0.312 e. The van der Waals surface area contributed by atoms with Gasteiger partial charge < -0.3 is 5.32 Å². The minimum atomic E-state index is 0.430. The van der Waals surface area contributed by atoms with Gasteiger partial charge in [-0.25, -0.2) is 0 Å². The molecule has 96 valence electrons. The molecule has 0 radical (unpaired) electrons. The van der Waals surface area contributed by atoms with E-state index in [9.17, 15) is 0 Å². The molecule has 1 unspecified atom stereocenters. The minimum absolute atomic E-state index is 0.430. The van der Waals surface area contributed by atoms with Crippen LogP contribution in [0.4, 0.5) is 0 Å². The summed E-state index contributed by atoms with van der Waals surface area (Å²) in [4.78, 5) is 1.39. The van der Waals surface area contributed by atoms with Crippen LogP contribution >= 0.6 is 27.3 Å². The molecule has 0 saturated heterocycles. The van der Waals surface area contributed by atoms with Crippen LogP contribution < -0.4 is 5.32 Å². The second-order valence-corrected chi connectivity index (χ2v) is 6.30. The van der Waals surface area contributed by atoms with E-state index in [-0.39, 0.29) is 0 Å². The van der Waals surface area contributed by atoms with E-state index in [2.05, 4.69) is 63.9 Å². The molecule has 0 aliphatic carbocycles. The number of halogens is 1. The van der Waals surface area contributed by atoms with E-state index in [1.807, 2.05) is 18.4 Å². The second-order valence-electron chi connectivity index (χ2n) is 4.50. The van der Waals surface area contributed by atoms with Gasteiger partial charge in [0.05, 0.1) is 0 Å². The van der Waals surface area contributed by atoms with Crippen molar-refractivity contribution in [3.8, 4) is 0 Å². The average Bonchev–Trinajstić information content (AvgIpc) is 2.77. The third-order valence-electron chi connectivity index (χ3n) is 3.11. The van der Waals surface area contributed by atoms with Gasteiger partial charge in [0.25, 0.3) is 0 Å². The largest absolute Gasteiger partial charge is 0.312 e. The lowest BCUT2D eigenvalue weighted by Gasteiger charge is -2.15. The van der Waals surface area contributed by atoms with Crippen molar-refractivity contribution in [1.82, 2.24) is 5.32 Å². The summed E-state index contributed by atoms with van der Waals surface area (Å²) in [6.07, 6.45) is 2.23. The molecule has 2 rings (SSSR count). The standard InChI is InChI=1S/C15H18BrNS/c1-11-4-3-5-12(10-11)6-7-14(17-2)15-13(16)8-9-18-15/h3-5,8-10,14,17H,6-7H2,1-2H3. The number of thiophene rings is 1. The SMILES string of the molecule is CNC(CCc1cccc(C)c1)c1sccc1Br. The topological polar surface area (TPSA) is 12.0 Å². The summed E-state index contributed by atoms with van der Waals surface area (Å²) >= 11 is 5.43. The van der Waals surface area contributed by atoms with Crippen molar-refractivity contribution in [2.75, 3.05) is 7.05 Å². The summed E-state index contributed by atoms with van der Waals surface area (Å²) in [5.41, 5.74) is 2.76. The Morgan fingerprint density at radius 3 is 2.78 bits per heavy atom. The van der Waals surface area contributed by atoms with E-state index in [0.29, 0.717) is 6.04 Å². The Balaban J connectivity index is 2.02. The molecule has 18 heavy (non-hydrogen) atoms. The molecule has 1 nitrogen and oxygen atoms in total. The van der Waals surface area contributed by atoms with Crippen molar-refractivity contribution < 1.29 is 0 Å². The smallest absolute Gasteiger partial charge is 0.0426 e. The molecule has 2 aromatic rings. The lowest BCUT2D eigenvalue weighted by Crippen LogP contribution is -2.16. The molecule has 0 amide bonds. The average molecular weight is 324 g/mol. The zero-order valence-corrected chi connectivity index (χ0v) is 13.1. The molecular formula is C15H18BrNS. The van der Waals surface area contributed by atoms with Crippen LogP contribution in [0.2, 0.25) is 0 Å². The number of benzene rings is 1. The van der Waals surface area contributed by atoms with E-state index in [1.54, 1.807) is 0 Å². The van der Waals surface area contributed by atoms with Crippen molar-refractivity contribution in [1.29, 1.82) is 0 Å². The summed E-state index contributed by atoms with van der Waals surface area (Å²) in [5, 5.41) is 5.55. The molecule has 1 aromatic carbocycles. The molecule has 0 spiro atoms. The van der Waals surface area contributed by atoms with Gasteiger partial charge in [-0.05, 0) is 59.8 Å². The molecule has 0 bridgehead atoms. The molecule has 0 saturated carbocycles. The Bertz CT molecular complexity index is 507. The van der Waals surface area contributed by atoms with Crippen molar-refractivity contribution >= 4 is 27.3 Å². The number of rotatable bonds is 5. The highest BCUT2D eigenvalue weighted by molar-refractivity contribution is 9.10. The predicted octanol–water partition coefficient (Wildman–Crippen LogP) is 4.71. The van der Waals surface area contributed by atoms with Crippen molar-refractivity contribution in [2.45, 2.75) is 25.8 Å².